The molecule has 1 atom stereocenters. The molecule has 5 heteroatoms. The zero-order chi connectivity index (χ0) is 18.4. The molecular formula is C21H24N4O. The number of piperidine rings is 1. The van der Waals surface area contributed by atoms with Crippen LogP contribution in [-0.2, 0) is 4.79 Å². The van der Waals surface area contributed by atoms with E-state index in [4.69, 9.17) is 5.26 Å². The minimum absolute atomic E-state index is 0.139. The second kappa shape index (κ2) is 8.39. The molecule has 0 aromatic heterocycles. The number of hydrogen-bond donors (Lipinski definition) is 2. The smallest absolute Gasteiger partial charge is 0.246 e. The van der Waals surface area contributed by atoms with Crippen molar-refractivity contribution in [2.75, 3.05) is 28.6 Å². The summed E-state index contributed by atoms with van der Waals surface area (Å²) in [5.41, 5.74) is 3.31. The van der Waals surface area contributed by atoms with E-state index in [0.717, 1.165) is 18.8 Å². The predicted octanol–water partition coefficient (Wildman–Crippen LogP) is 3.99. The fraction of sp³-hybridized carbons (Fsp3) is 0.333. The molecule has 0 spiro atoms. The van der Waals surface area contributed by atoms with Gasteiger partial charge < -0.3 is 15.5 Å². The summed E-state index contributed by atoms with van der Waals surface area (Å²) in [5.74, 6) is -0.139. The number of carbonyl (C=O) groups excluding carboxylic acids is 1. The Bertz CT molecular complexity index is 788. The van der Waals surface area contributed by atoms with Crippen LogP contribution in [0.1, 0.15) is 31.7 Å². The van der Waals surface area contributed by atoms with Crippen molar-refractivity contribution in [3.63, 3.8) is 0 Å². The van der Waals surface area contributed by atoms with Crippen molar-refractivity contribution in [2.24, 2.45) is 0 Å². The van der Waals surface area contributed by atoms with Gasteiger partial charge in [0.05, 0.1) is 11.6 Å². The van der Waals surface area contributed by atoms with Crippen LogP contribution in [0.15, 0.2) is 48.5 Å². The van der Waals surface area contributed by atoms with Crippen LogP contribution in [0.5, 0.6) is 0 Å². The van der Waals surface area contributed by atoms with Crippen molar-refractivity contribution in [3.05, 3.63) is 54.1 Å². The van der Waals surface area contributed by atoms with Crippen molar-refractivity contribution in [1.82, 2.24) is 0 Å². The second-order valence-corrected chi connectivity index (χ2v) is 6.64. The molecule has 0 aliphatic carbocycles. The monoisotopic (exact) mass is 348 g/mol. The van der Waals surface area contributed by atoms with Gasteiger partial charge in [-0.3, -0.25) is 4.79 Å². The van der Waals surface area contributed by atoms with Gasteiger partial charge in [-0.05, 0) is 68.7 Å². The molecule has 3 rings (SSSR count). The van der Waals surface area contributed by atoms with Gasteiger partial charge in [0.15, 0.2) is 0 Å². The molecule has 1 aliphatic rings. The van der Waals surface area contributed by atoms with E-state index in [0.29, 0.717) is 11.3 Å². The van der Waals surface area contributed by atoms with Crippen LogP contribution >= 0.6 is 0 Å². The molecule has 2 N–H and O–H groups in total. The molecule has 1 amide bonds. The molecule has 5 nitrogen and oxygen atoms in total. The Hall–Kier alpha value is -3.00. The van der Waals surface area contributed by atoms with E-state index in [1.54, 1.807) is 24.3 Å². The Morgan fingerprint density at radius 1 is 1.08 bits per heavy atom. The van der Waals surface area contributed by atoms with Crippen molar-refractivity contribution < 1.29 is 4.79 Å². The Balaban J connectivity index is 1.57. The van der Waals surface area contributed by atoms with Crippen LogP contribution in [0.25, 0.3) is 0 Å². The number of benzene rings is 2. The van der Waals surface area contributed by atoms with E-state index in [9.17, 15) is 4.79 Å². The van der Waals surface area contributed by atoms with E-state index < -0.39 is 0 Å². The first-order valence-corrected chi connectivity index (χ1v) is 9.08. The SMILES string of the molecule is C[C@H](Nc1ccc(N2CCCCC2)cc1)C(=O)Nc1cccc(C#N)c1. The van der Waals surface area contributed by atoms with Gasteiger partial charge in [0.2, 0.25) is 5.91 Å². The molecule has 2 aromatic rings. The molecule has 0 bridgehead atoms. The van der Waals surface area contributed by atoms with Crippen LogP contribution in [0.4, 0.5) is 17.1 Å². The molecule has 2 aromatic carbocycles. The normalized spacial score (nSPS) is 15.0. The standard InChI is InChI=1S/C21H24N4O/c1-16(21(26)24-19-7-5-6-17(14-19)15-22)23-18-8-10-20(11-9-18)25-12-3-2-4-13-25/h5-11,14,16,23H,2-4,12-13H2,1H3,(H,24,26)/t16-/m0/s1. The van der Waals surface area contributed by atoms with Crippen LogP contribution in [0, 0.1) is 11.3 Å². The molecule has 26 heavy (non-hydrogen) atoms. The number of amides is 1. The van der Waals surface area contributed by atoms with Gasteiger partial charge in [-0.2, -0.15) is 5.26 Å². The topological polar surface area (TPSA) is 68.2 Å². The zero-order valence-corrected chi connectivity index (χ0v) is 15.0. The maximum absolute atomic E-state index is 12.4. The summed E-state index contributed by atoms with van der Waals surface area (Å²) in [7, 11) is 0. The Kier molecular flexibility index (Phi) is 5.75. The lowest BCUT2D eigenvalue weighted by atomic mass is 10.1. The van der Waals surface area contributed by atoms with Crippen molar-refractivity contribution >= 4 is 23.0 Å². The molecule has 0 saturated carbocycles. The van der Waals surface area contributed by atoms with Gasteiger partial charge in [-0.15, -0.1) is 0 Å². The first-order valence-electron chi connectivity index (χ1n) is 9.08. The average Bonchev–Trinajstić information content (AvgIpc) is 2.69. The Morgan fingerprint density at radius 3 is 2.50 bits per heavy atom. The van der Waals surface area contributed by atoms with Crippen LogP contribution in [-0.4, -0.2) is 25.0 Å². The summed E-state index contributed by atoms with van der Waals surface area (Å²) in [6.45, 7) is 4.06. The third-order valence-electron chi connectivity index (χ3n) is 4.62. The number of nitriles is 1. The van der Waals surface area contributed by atoms with Gasteiger partial charge in [0.1, 0.15) is 6.04 Å². The number of anilines is 3. The molecule has 1 heterocycles. The van der Waals surface area contributed by atoms with Gasteiger partial charge in [0.25, 0.3) is 0 Å². The third kappa shape index (κ3) is 4.54. The zero-order valence-electron chi connectivity index (χ0n) is 15.0. The van der Waals surface area contributed by atoms with E-state index in [-0.39, 0.29) is 11.9 Å². The molecule has 1 fully saturated rings. The van der Waals surface area contributed by atoms with E-state index in [1.807, 2.05) is 19.1 Å². The molecule has 0 unspecified atom stereocenters. The fourth-order valence-corrected chi connectivity index (χ4v) is 3.15. The number of rotatable bonds is 5. The summed E-state index contributed by atoms with van der Waals surface area (Å²) in [6.07, 6.45) is 3.83. The lowest BCUT2D eigenvalue weighted by Gasteiger charge is -2.29. The van der Waals surface area contributed by atoms with Gasteiger partial charge >= 0.3 is 0 Å². The summed E-state index contributed by atoms with van der Waals surface area (Å²) < 4.78 is 0. The van der Waals surface area contributed by atoms with Crippen LogP contribution < -0.4 is 15.5 Å². The minimum Gasteiger partial charge on any atom is -0.374 e. The number of carbonyl (C=O) groups is 1. The number of nitrogens with zero attached hydrogens (tertiary/aromatic N) is 2. The molecule has 0 radical (unpaired) electrons. The maximum atomic E-state index is 12.4. The molecule has 1 saturated heterocycles. The molecule has 134 valence electrons. The highest BCUT2D eigenvalue weighted by molar-refractivity contribution is 5.96. The maximum Gasteiger partial charge on any atom is 0.246 e. The molecule has 1 aliphatic heterocycles. The summed E-state index contributed by atoms with van der Waals surface area (Å²) in [6, 6.07) is 16.8. The van der Waals surface area contributed by atoms with Crippen molar-refractivity contribution in [1.29, 1.82) is 5.26 Å². The van der Waals surface area contributed by atoms with Crippen LogP contribution in [0.2, 0.25) is 0 Å². The minimum atomic E-state index is -0.387. The van der Waals surface area contributed by atoms with Gasteiger partial charge in [-0.25, -0.2) is 0 Å². The van der Waals surface area contributed by atoms with Crippen molar-refractivity contribution in [3.8, 4) is 6.07 Å². The van der Waals surface area contributed by atoms with E-state index in [1.165, 1.54) is 24.9 Å². The van der Waals surface area contributed by atoms with Crippen LogP contribution in [0.3, 0.4) is 0 Å². The molecular weight excluding hydrogens is 324 g/mol. The lowest BCUT2D eigenvalue weighted by Crippen LogP contribution is -2.32. The predicted molar refractivity (Wildman–Crippen MR) is 105 cm³/mol. The van der Waals surface area contributed by atoms with Crippen molar-refractivity contribution in [2.45, 2.75) is 32.2 Å². The first-order chi connectivity index (χ1) is 12.7. The summed E-state index contributed by atoms with van der Waals surface area (Å²) in [4.78, 5) is 14.8. The van der Waals surface area contributed by atoms with Gasteiger partial charge in [0, 0.05) is 30.2 Å². The van der Waals surface area contributed by atoms with E-state index >= 15 is 0 Å². The first kappa shape index (κ1) is 17.8. The number of nitrogens with one attached hydrogen (secondary N) is 2. The highest BCUT2D eigenvalue weighted by Crippen LogP contribution is 2.22. The largest absolute Gasteiger partial charge is 0.374 e. The Labute approximate surface area is 154 Å². The van der Waals surface area contributed by atoms with Gasteiger partial charge in [-0.1, -0.05) is 6.07 Å². The third-order valence-corrected chi connectivity index (χ3v) is 4.62. The summed E-state index contributed by atoms with van der Waals surface area (Å²) >= 11 is 0. The van der Waals surface area contributed by atoms with E-state index in [2.05, 4.69) is 33.7 Å². The fourth-order valence-electron chi connectivity index (χ4n) is 3.15. The Morgan fingerprint density at radius 2 is 1.81 bits per heavy atom. The quantitative estimate of drug-likeness (QED) is 0.857. The summed E-state index contributed by atoms with van der Waals surface area (Å²) in [5, 5.41) is 15.0. The highest BCUT2D eigenvalue weighted by atomic mass is 16.2. The highest BCUT2D eigenvalue weighted by Gasteiger charge is 2.14. The lowest BCUT2D eigenvalue weighted by molar-refractivity contribution is -0.116. The number of hydrogen-bond acceptors (Lipinski definition) is 4. The second-order valence-electron chi connectivity index (χ2n) is 6.64. The average molecular weight is 348 g/mol.